The number of ether oxygens (including phenoxy) is 2. The zero-order valence-corrected chi connectivity index (χ0v) is 24.7. The van der Waals surface area contributed by atoms with Crippen LogP contribution in [0, 0.1) is 31.6 Å². The van der Waals surface area contributed by atoms with Crippen LogP contribution in [-0.4, -0.2) is 76.2 Å². The van der Waals surface area contributed by atoms with E-state index in [1.54, 1.807) is 17.1 Å². The summed E-state index contributed by atoms with van der Waals surface area (Å²) in [6.07, 6.45) is 3.58. The molecule has 1 aromatic carbocycles. The predicted molar refractivity (Wildman–Crippen MR) is 153 cm³/mol. The van der Waals surface area contributed by atoms with Gasteiger partial charge < -0.3 is 24.4 Å². The van der Waals surface area contributed by atoms with Crippen molar-refractivity contribution < 1.29 is 29.0 Å². The van der Waals surface area contributed by atoms with Crippen molar-refractivity contribution >= 4 is 39.4 Å². The maximum atomic E-state index is 14.7. The van der Waals surface area contributed by atoms with Crippen LogP contribution >= 0.6 is 15.9 Å². The van der Waals surface area contributed by atoms with Gasteiger partial charge in [0.05, 0.1) is 37.2 Å². The van der Waals surface area contributed by atoms with E-state index in [4.69, 9.17) is 9.47 Å². The smallest absolute Gasteiger partial charge is 0.312 e. The summed E-state index contributed by atoms with van der Waals surface area (Å²) in [6, 6.07) is 4.21. The Morgan fingerprint density at radius 1 is 1.31 bits per heavy atom. The molecule has 39 heavy (non-hydrogen) atoms. The van der Waals surface area contributed by atoms with Crippen molar-refractivity contribution in [1.29, 1.82) is 0 Å². The molecule has 3 heterocycles. The maximum absolute atomic E-state index is 14.7. The molecule has 8 nitrogen and oxygen atoms in total. The molecule has 3 aliphatic heterocycles. The van der Waals surface area contributed by atoms with Crippen LogP contribution in [0.15, 0.2) is 43.5 Å². The Kier molecular flexibility index (Phi) is 8.73. The molecule has 7 atom stereocenters. The minimum Gasteiger partial charge on any atom is -0.465 e. The van der Waals surface area contributed by atoms with E-state index in [-0.39, 0.29) is 42.3 Å². The highest BCUT2D eigenvalue weighted by Gasteiger charge is 2.77. The van der Waals surface area contributed by atoms with E-state index in [0.717, 1.165) is 16.8 Å². The van der Waals surface area contributed by atoms with Gasteiger partial charge in [0.1, 0.15) is 11.6 Å². The number of nitrogens with zero attached hydrogens (tertiary/aromatic N) is 2. The Morgan fingerprint density at radius 3 is 2.64 bits per heavy atom. The van der Waals surface area contributed by atoms with Crippen molar-refractivity contribution in [2.45, 2.75) is 69.2 Å². The molecular weight excluding hydrogens is 564 g/mol. The van der Waals surface area contributed by atoms with Gasteiger partial charge >= 0.3 is 5.97 Å². The summed E-state index contributed by atoms with van der Waals surface area (Å²) in [5.74, 6) is -3.08. The highest BCUT2D eigenvalue weighted by Crippen LogP contribution is 2.61. The number of hydrogen-bond donors (Lipinski definition) is 1. The summed E-state index contributed by atoms with van der Waals surface area (Å²) in [7, 11) is 0. The summed E-state index contributed by atoms with van der Waals surface area (Å²) in [4.78, 5) is 45.2. The number of amides is 2. The lowest BCUT2D eigenvalue weighted by Gasteiger charge is -2.40. The van der Waals surface area contributed by atoms with Gasteiger partial charge in [0.2, 0.25) is 5.91 Å². The highest BCUT2D eigenvalue weighted by molar-refractivity contribution is 9.09. The number of carbonyl (C=O) groups excluding carboxylic acids is 3. The van der Waals surface area contributed by atoms with Gasteiger partial charge in [-0.2, -0.15) is 0 Å². The third-order valence-corrected chi connectivity index (χ3v) is 9.19. The second-order valence-corrected chi connectivity index (χ2v) is 12.4. The van der Waals surface area contributed by atoms with Crippen LogP contribution < -0.4 is 4.90 Å². The highest BCUT2D eigenvalue weighted by atomic mass is 79.9. The van der Waals surface area contributed by atoms with Gasteiger partial charge in [0.15, 0.2) is 0 Å². The monoisotopic (exact) mass is 602 g/mol. The first kappa shape index (κ1) is 29.5. The summed E-state index contributed by atoms with van der Waals surface area (Å²) < 4.78 is 12.1. The fourth-order valence-corrected chi connectivity index (χ4v) is 7.47. The van der Waals surface area contributed by atoms with Crippen LogP contribution in [0.25, 0.3) is 0 Å². The molecule has 2 bridgehead atoms. The minimum absolute atomic E-state index is 0.145. The number of aryl methyl sites for hydroxylation is 2. The molecule has 3 fully saturated rings. The van der Waals surface area contributed by atoms with Gasteiger partial charge in [-0.3, -0.25) is 14.4 Å². The Labute approximate surface area is 239 Å². The number of aliphatic hydroxyl groups excluding tert-OH is 1. The van der Waals surface area contributed by atoms with Crippen molar-refractivity contribution in [3.63, 3.8) is 0 Å². The molecule has 0 radical (unpaired) electrons. The van der Waals surface area contributed by atoms with Crippen LogP contribution in [-0.2, 0) is 23.9 Å². The average molecular weight is 604 g/mol. The van der Waals surface area contributed by atoms with E-state index in [9.17, 15) is 19.5 Å². The number of aliphatic hydroxyl groups is 1. The van der Waals surface area contributed by atoms with Gasteiger partial charge in [-0.05, 0) is 49.8 Å². The molecule has 212 valence electrons. The first-order chi connectivity index (χ1) is 18.5. The van der Waals surface area contributed by atoms with Crippen molar-refractivity contribution in [2.75, 3.05) is 24.7 Å². The SMILES string of the molecule is C=CCCOC(=O)[C@H]1[C@H]2C(=O)N([C@@H](CO)C(C)C)C(C(=O)N(CC=C)c3cc(C)ccc3C)C23CC(Br)[C@@H]1O3. The van der Waals surface area contributed by atoms with E-state index in [1.165, 1.54) is 4.90 Å². The topological polar surface area (TPSA) is 96.4 Å². The first-order valence-electron chi connectivity index (χ1n) is 13.6. The van der Waals surface area contributed by atoms with E-state index in [1.807, 2.05) is 45.9 Å². The third-order valence-electron chi connectivity index (χ3n) is 8.35. The molecule has 4 rings (SSSR count). The number of halogens is 1. The van der Waals surface area contributed by atoms with Crippen molar-refractivity contribution in [3.05, 3.63) is 54.6 Å². The predicted octanol–water partition coefficient (Wildman–Crippen LogP) is 3.71. The lowest BCUT2D eigenvalue weighted by Crippen LogP contribution is -2.60. The van der Waals surface area contributed by atoms with Crippen molar-refractivity contribution in [3.8, 4) is 0 Å². The molecule has 0 saturated carbocycles. The molecule has 2 amide bonds. The van der Waals surface area contributed by atoms with Gasteiger partial charge in [-0.1, -0.05) is 54.1 Å². The van der Waals surface area contributed by atoms with Crippen LogP contribution in [0.4, 0.5) is 5.69 Å². The van der Waals surface area contributed by atoms with E-state index in [0.29, 0.717) is 12.8 Å². The summed E-state index contributed by atoms with van der Waals surface area (Å²) >= 11 is 3.68. The zero-order chi connectivity index (χ0) is 28.6. The van der Waals surface area contributed by atoms with Crippen LogP contribution in [0.3, 0.4) is 0 Å². The Morgan fingerprint density at radius 2 is 2.03 bits per heavy atom. The van der Waals surface area contributed by atoms with Gasteiger partial charge in [0.25, 0.3) is 5.91 Å². The number of benzene rings is 1. The molecule has 1 aromatic rings. The minimum atomic E-state index is -1.24. The van der Waals surface area contributed by atoms with Gasteiger partial charge in [0, 0.05) is 17.1 Å². The van der Waals surface area contributed by atoms with Crippen molar-refractivity contribution in [1.82, 2.24) is 4.90 Å². The number of carbonyl (C=O) groups is 3. The molecular formula is C30H39BrN2O6. The number of hydrogen-bond acceptors (Lipinski definition) is 6. The molecule has 1 spiro atoms. The first-order valence-corrected chi connectivity index (χ1v) is 14.5. The fraction of sp³-hybridized carbons (Fsp3) is 0.567. The molecule has 0 aromatic heterocycles. The third kappa shape index (κ3) is 4.87. The Hall–Kier alpha value is -2.49. The van der Waals surface area contributed by atoms with Crippen LogP contribution in [0.5, 0.6) is 0 Å². The van der Waals surface area contributed by atoms with Gasteiger partial charge in [-0.25, -0.2) is 0 Å². The normalized spacial score (nSPS) is 29.9. The molecule has 3 aliphatic rings. The largest absolute Gasteiger partial charge is 0.465 e. The second kappa shape index (κ2) is 11.6. The Balaban J connectivity index is 1.84. The van der Waals surface area contributed by atoms with Crippen LogP contribution in [0.1, 0.15) is 37.8 Å². The molecule has 3 unspecified atom stereocenters. The zero-order valence-electron chi connectivity index (χ0n) is 23.1. The number of fused-ring (bicyclic) bond motifs is 1. The number of rotatable bonds is 11. The number of alkyl halides is 1. The number of anilines is 1. The quantitative estimate of drug-likeness (QED) is 0.179. The molecule has 3 saturated heterocycles. The fourth-order valence-electron chi connectivity index (χ4n) is 6.53. The maximum Gasteiger partial charge on any atom is 0.312 e. The Bertz CT molecular complexity index is 1150. The molecule has 0 aliphatic carbocycles. The van der Waals surface area contributed by atoms with Crippen LogP contribution in [0.2, 0.25) is 0 Å². The number of esters is 1. The van der Waals surface area contributed by atoms with E-state index in [2.05, 4.69) is 29.1 Å². The molecule has 1 N–H and O–H groups in total. The lowest BCUT2D eigenvalue weighted by molar-refractivity contribution is -0.155. The summed E-state index contributed by atoms with van der Waals surface area (Å²) in [6.45, 7) is 15.3. The van der Waals surface area contributed by atoms with E-state index >= 15 is 0 Å². The average Bonchev–Trinajstić information content (AvgIpc) is 3.48. The number of likely N-dealkylation sites (tertiary alicyclic amines) is 1. The van der Waals surface area contributed by atoms with Gasteiger partial charge in [-0.15, -0.1) is 13.2 Å². The standard InChI is InChI=1S/C30H39BrN2O6/c1-7-9-13-38-29(37)23-24-27(35)33(22(16-34)17(3)4)26(30(24)15-20(31)25(23)39-30)28(36)32(12-8-2)21-14-18(5)10-11-19(21)6/h7-8,10-11,14,17,20,22-26,34H,1-2,9,12-13,15-16H2,3-6H3/t20?,22-,23-,24-,25-,26?,30?/m0/s1. The van der Waals surface area contributed by atoms with E-state index < -0.39 is 41.6 Å². The van der Waals surface area contributed by atoms with Crippen molar-refractivity contribution in [2.24, 2.45) is 17.8 Å². The molecule has 9 heteroatoms. The lowest BCUT2D eigenvalue weighted by atomic mass is 9.70. The second-order valence-electron chi connectivity index (χ2n) is 11.2. The summed E-state index contributed by atoms with van der Waals surface area (Å²) in [5.41, 5.74) is 1.38. The summed E-state index contributed by atoms with van der Waals surface area (Å²) in [5, 5.41) is 10.4.